The van der Waals surface area contributed by atoms with Gasteiger partial charge < -0.3 is 14.4 Å². The number of nitrogens with zero attached hydrogens (tertiary/aromatic N) is 2. The van der Waals surface area contributed by atoms with Gasteiger partial charge in [0.15, 0.2) is 0 Å². The lowest BCUT2D eigenvalue weighted by molar-refractivity contribution is -0.130. The molecule has 0 saturated carbocycles. The number of para-hydroxylation sites is 1. The third-order valence-electron chi connectivity index (χ3n) is 5.85. The van der Waals surface area contributed by atoms with Gasteiger partial charge in [-0.15, -0.1) is 0 Å². The highest BCUT2D eigenvalue weighted by molar-refractivity contribution is 5.73. The summed E-state index contributed by atoms with van der Waals surface area (Å²) in [6, 6.07) is 14.9. The van der Waals surface area contributed by atoms with E-state index in [4.69, 9.17) is 9.47 Å². The van der Waals surface area contributed by atoms with Gasteiger partial charge in [-0.3, -0.25) is 9.69 Å². The van der Waals surface area contributed by atoms with Gasteiger partial charge in [-0.2, -0.15) is 0 Å². The summed E-state index contributed by atoms with van der Waals surface area (Å²) in [6.07, 6.45) is 0. The molecule has 162 valence electrons. The van der Waals surface area contributed by atoms with Crippen LogP contribution in [0.25, 0.3) is 0 Å². The third kappa shape index (κ3) is 5.58. The average Bonchev–Trinajstić information content (AvgIpc) is 3.13. The molecule has 2 aromatic carbocycles. The largest absolute Gasteiger partial charge is 0.496 e. The van der Waals surface area contributed by atoms with E-state index in [2.05, 4.69) is 11.0 Å². The lowest BCUT2D eigenvalue weighted by Gasteiger charge is -2.27. The van der Waals surface area contributed by atoms with Gasteiger partial charge in [-0.25, -0.2) is 4.39 Å². The standard InChI is InChI=1S/C24H31FN2O3/c1-18(28)27(11-12-29-2)16-21-15-26(14-20-7-4-5-10-24(20)30-3)17-23(21)19-8-6-9-22(25)13-19/h4-10,13,21,23H,11-12,14-17H2,1-3H3. The molecule has 1 amide bonds. The zero-order valence-electron chi connectivity index (χ0n) is 18.0. The van der Waals surface area contributed by atoms with Crippen LogP contribution in [0.15, 0.2) is 48.5 Å². The second kappa shape index (κ2) is 10.5. The van der Waals surface area contributed by atoms with Crippen molar-refractivity contribution in [2.45, 2.75) is 19.4 Å². The van der Waals surface area contributed by atoms with E-state index in [0.29, 0.717) is 19.7 Å². The minimum Gasteiger partial charge on any atom is -0.496 e. The van der Waals surface area contributed by atoms with Crippen molar-refractivity contribution < 1.29 is 18.7 Å². The van der Waals surface area contributed by atoms with Crippen molar-refractivity contribution in [2.24, 2.45) is 5.92 Å². The molecule has 0 aliphatic carbocycles. The molecule has 1 saturated heterocycles. The highest BCUT2D eigenvalue weighted by Gasteiger charge is 2.35. The van der Waals surface area contributed by atoms with E-state index in [-0.39, 0.29) is 23.6 Å². The zero-order chi connectivity index (χ0) is 21.5. The first-order valence-corrected chi connectivity index (χ1v) is 10.4. The molecule has 30 heavy (non-hydrogen) atoms. The normalized spacial score (nSPS) is 19.1. The number of methoxy groups -OCH3 is 2. The maximum atomic E-state index is 13.9. The summed E-state index contributed by atoms with van der Waals surface area (Å²) in [6.45, 7) is 5.67. The molecule has 0 aromatic heterocycles. The number of carbonyl (C=O) groups is 1. The first-order chi connectivity index (χ1) is 14.5. The number of likely N-dealkylation sites (tertiary alicyclic amines) is 1. The van der Waals surface area contributed by atoms with Crippen LogP contribution in [-0.2, 0) is 16.1 Å². The molecular formula is C24H31FN2O3. The van der Waals surface area contributed by atoms with Crippen LogP contribution in [0.5, 0.6) is 5.75 Å². The summed E-state index contributed by atoms with van der Waals surface area (Å²) in [5.41, 5.74) is 2.11. The first-order valence-electron chi connectivity index (χ1n) is 10.4. The van der Waals surface area contributed by atoms with Crippen LogP contribution < -0.4 is 4.74 Å². The molecule has 2 aromatic rings. The van der Waals surface area contributed by atoms with Gasteiger partial charge >= 0.3 is 0 Å². The minimum absolute atomic E-state index is 0.0354. The predicted octanol–water partition coefficient (Wildman–Crippen LogP) is 3.54. The van der Waals surface area contributed by atoms with Crippen LogP contribution in [0, 0.1) is 11.7 Å². The maximum Gasteiger partial charge on any atom is 0.219 e. The number of hydrogen-bond donors (Lipinski definition) is 0. The molecule has 3 rings (SSSR count). The van der Waals surface area contributed by atoms with Crippen molar-refractivity contribution in [3.63, 3.8) is 0 Å². The van der Waals surface area contributed by atoms with E-state index in [0.717, 1.165) is 36.5 Å². The Labute approximate surface area is 178 Å². The number of ether oxygens (including phenoxy) is 2. The lowest BCUT2D eigenvalue weighted by Crippen LogP contribution is -2.38. The van der Waals surface area contributed by atoms with Crippen LogP contribution in [0.3, 0.4) is 0 Å². The highest BCUT2D eigenvalue weighted by Crippen LogP contribution is 2.35. The average molecular weight is 415 g/mol. The molecule has 1 aliphatic heterocycles. The molecule has 1 fully saturated rings. The Hall–Kier alpha value is -2.44. The summed E-state index contributed by atoms with van der Waals surface area (Å²) in [5.74, 6) is 1.04. The molecule has 1 heterocycles. The first kappa shape index (κ1) is 22.2. The van der Waals surface area contributed by atoms with Crippen molar-refractivity contribution in [2.75, 3.05) is 47.0 Å². The smallest absolute Gasteiger partial charge is 0.219 e. The Balaban J connectivity index is 1.81. The summed E-state index contributed by atoms with van der Waals surface area (Å²) >= 11 is 0. The molecule has 0 bridgehead atoms. The minimum atomic E-state index is -0.225. The van der Waals surface area contributed by atoms with E-state index in [1.54, 1.807) is 33.3 Å². The number of carbonyl (C=O) groups excluding carboxylic acids is 1. The molecule has 1 aliphatic rings. The van der Waals surface area contributed by atoms with E-state index >= 15 is 0 Å². The summed E-state index contributed by atoms with van der Waals surface area (Å²) < 4.78 is 24.6. The maximum absolute atomic E-state index is 13.9. The number of rotatable bonds is 9. The van der Waals surface area contributed by atoms with Crippen LogP contribution >= 0.6 is 0 Å². The summed E-state index contributed by atoms with van der Waals surface area (Å²) in [7, 11) is 3.32. The molecule has 2 unspecified atom stereocenters. The summed E-state index contributed by atoms with van der Waals surface area (Å²) in [4.78, 5) is 16.4. The lowest BCUT2D eigenvalue weighted by atomic mass is 9.88. The van der Waals surface area contributed by atoms with E-state index < -0.39 is 0 Å². The second-order valence-corrected chi connectivity index (χ2v) is 7.89. The van der Waals surface area contributed by atoms with Crippen molar-refractivity contribution in [3.8, 4) is 5.75 Å². The Morgan fingerprint density at radius 2 is 1.97 bits per heavy atom. The fraction of sp³-hybridized carbons (Fsp3) is 0.458. The molecule has 0 N–H and O–H groups in total. The van der Waals surface area contributed by atoms with Crippen molar-refractivity contribution in [1.29, 1.82) is 0 Å². The van der Waals surface area contributed by atoms with Crippen LogP contribution in [0.4, 0.5) is 4.39 Å². The highest BCUT2D eigenvalue weighted by atomic mass is 19.1. The van der Waals surface area contributed by atoms with Gasteiger partial charge in [0.2, 0.25) is 5.91 Å². The van der Waals surface area contributed by atoms with E-state index in [9.17, 15) is 9.18 Å². The molecule has 0 spiro atoms. The van der Waals surface area contributed by atoms with Crippen LogP contribution in [-0.4, -0.2) is 62.7 Å². The number of amides is 1. The molecule has 2 atom stereocenters. The van der Waals surface area contributed by atoms with E-state index in [1.165, 1.54) is 6.07 Å². The van der Waals surface area contributed by atoms with Crippen molar-refractivity contribution in [1.82, 2.24) is 9.80 Å². The van der Waals surface area contributed by atoms with Gasteiger partial charge in [0.25, 0.3) is 0 Å². The second-order valence-electron chi connectivity index (χ2n) is 7.89. The number of benzene rings is 2. The molecule has 0 radical (unpaired) electrons. The Morgan fingerprint density at radius 1 is 1.17 bits per heavy atom. The van der Waals surface area contributed by atoms with Gasteiger partial charge in [0.05, 0.1) is 13.7 Å². The SMILES string of the molecule is COCCN(CC1CN(Cc2ccccc2OC)CC1c1cccc(F)c1)C(C)=O. The van der Waals surface area contributed by atoms with Crippen molar-refractivity contribution in [3.05, 3.63) is 65.5 Å². The monoisotopic (exact) mass is 414 g/mol. The van der Waals surface area contributed by atoms with Crippen molar-refractivity contribution >= 4 is 5.91 Å². The molecule has 5 nitrogen and oxygen atoms in total. The number of halogens is 1. The fourth-order valence-electron chi connectivity index (χ4n) is 4.33. The van der Waals surface area contributed by atoms with Gasteiger partial charge in [0, 0.05) is 58.2 Å². The quantitative estimate of drug-likeness (QED) is 0.629. The molecule has 6 heteroatoms. The van der Waals surface area contributed by atoms with Gasteiger partial charge in [-0.05, 0) is 29.7 Å². The summed E-state index contributed by atoms with van der Waals surface area (Å²) in [5, 5.41) is 0. The fourth-order valence-corrected chi connectivity index (χ4v) is 4.33. The zero-order valence-corrected chi connectivity index (χ0v) is 18.0. The predicted molar refractivity (Wildman–Crippen MR) is 115 cm³/mol. The van der Waals surface area contributed by atoms with E-state index in [1.807, 2.05) is 29.2 Å². The van der Waals surface area contributed by atoms with Gasteiger partial charge in [0.1, 0.15) is 11.6 Å². The van der Waals surface area contributed by atoms with Gasteiger partial charge in [-0.1, -0.05) is 30.3 Å². The molecular weight excluding hydrogens is 383 g/mol. The number of hydrogen-bond acceptors (Lipinski definition) is 4. The van der Waals surface area contributed by atoms with Crippen LogP contribution in [0.1, 0.15) is 24.0 Å². The van der Waals surface area contributed by atoms with Crippen LogP contribution in [0.2, 0.25) is 0 Å². The topological polar surface area (TPSA) is 42.0 Å². The Morgan fingerprint density at radius 3 is 2.67 bits per heavy atom. The Bertz CT molecular complexity index is 845. The third-order valence-corrected chi connectivity index (χ3v) is 5.85. The Kier molecular flexibility index (Phi) is 7.82.